The second-order valence-electron chi connectivity index (χ2n) is 2.09. The Hall–Kier alpha value is -0.0105. The van der Waals surface area contributed by atoms with Gasteiger partial charge in [0, 0.05) is 0 Å². The zero-order chi connectivity index (χ0) is 7.84. The van der Waals surface area contributed by atoms with E-state index < -0.39 is 0 Å². The van der Waals surface area contributed by atoms with E-state index in [1.165, 1.54) is 4.26 Å². The quantitative estimate of drug-likeness (QED) is 0.656. The van der Waals surface area contributed by atoms with Crippen molar-refractivity contribution in [3.63, 3.8) is 0 Å². The molecule has 0 aliphatic heterocycles. The maximum absolute atomic E-state index is 5.81. The molecule has 1 aromatic carbocycles. The molecule has 0 saturated carbocycles. The minimum absolute atomic E-state index is 0.351. The van der Waals surface area contributed by atoms with Crippen LogP contribution < -0.4 is 0 Å². The fourth-order valence-electron chi connectivity index (χ4n) is 0.853. The Balaban J connectivity index is 2.86. The second kappa shape index (κ2) is 2.80. The van der Waals surface area contributed by atoms with Gasteiger partial charge < -0.3 is 0 Å². The fourth-order valence-corrected chi connectivity index (χ4v) is 2.79. The summed E-state index contributed by atoms with van der Waals surface area (Å²) in [5.74, 6) is 0. The van der Waals surface area contributed by atoms with E-state index in [1.54, 1.807) is 0 Å². The van der Waals surface area contributed by atoms with Gasteiger partial charge in [0.2, 0.25) is 0 Å². The Morgan fingerprint density at radius 3 is 2.73 bits per heavy atom. The number of rotatable bonds is 0. The van der Waals surface area contributed by atoms with Gasteiger partial charge in [-0.2, -0.15) is 0 Å². The van der Waals surface area contributed by atoms with Crippen LogP contribution in [-0.2, 0) is 0 Å². The predicted octanol–water partition coefficient (Wildman–Crippen LogP) is 2.60. The SMILES string of the molecule is Clc1cc2nc[se]c2cc1Cl. The molecule has 0 aliphatic rings. The monoisotopic (exact) mass is 251 g/mol. The van der Waals surface area contributed by atoms with E-state index in [9.17, 15) is 0 Å². The van der Waals surface area contributed by atoms with Crippen molar-refractivity contribution < 1.29 is 0 Å². The summed E-state index contributed by atoms with van der Waals surface area (Å²) in [6.07, 6.45) is 0. The molecule has 0 N–H and O–H groups in total. The van der Waals surface area contributed by atoms with Crippen molar-refractivity contribution in [3.05, 3.63) is 27.2 Å². The van der Waals surface area contributed by atoms with Gasteiger partial charge in [-0.25, -0.2) is 0 Å². The number of nitrogens with zero attached hydrogens (tertiary/aromatic N) is 1. The first kappa shape index (κ1) is 7.63. The van der Waals surface area contributed by atoms with Crippen molar-refractivity contribution in [2.75, 3.05) is 0 Å². The van der Waals surface area contributed by atoms with Crippen LogP contribution in [0.2, 0.25) is 10.0 Å². The van der Waals surface area contributed by atoms with Crippen LogP contribution in [0.25, 0.3) is 9.78 Å². The van der Waals surface area contributed by atoms with Crippen LogP contribution in [-0.4, -0.2) is 19.5 Å². The van der Waals surface area contributed by atoms with Gasteiger partial charge in [0.15, 0.2) is 0 Å². The van der Waals surface area contributed by atoms with Crippen molar-refractivity contribution in [2.45, 2.75) is 0 Å². The molecule has 1 heterocycles. The molecule has 0 radical (unpaired) electrons. The predicted molar refractivity (Wildman–Crippen MR) is 48.7 cm³/mol. The van der Waals surface area contributed by atoms with Crippen LogP contribution in [0.1, 0.15) is 0 Å². The maximum atomic E-state index is 5.81. The minimum atomic E-state index is 0.351. The molecule has 0 unspecified atom stereocenters. The third kappa shape index (κ3) is 1.32. The normalized spacial score (nSPS) is 10.7. The zero-order valence-electron chi connectivity index (χ0n) is 5.34. The molecular formula is C7H3Cl2NSe. The molecule has 0 amide bonds. The number of halogens is 2. The molecule has 0 aliphatic carbocycles. The Morgan fingerprint density at radius 1 is 1.18 bits per heavy atom. The molecule has 0 fully saturated rings. The summed E-state index contributed by atoms with van der Waals surface area (Å²) in [6.45, 7) is 0. The van der Waals surface area contributed by atoms with E-state index in [4.69, 9.17) is 23.2 Å². The van der Waals surface area contributed by atoms with E-state index in [2.05, 4.69) is 4.98 Å². The average molecular weight is 251 g/mol. The van der Waals surface area contributed by atoms with Crippen LogP contribution in [0.15, 0.2) is 17.2 Å². The topological polar surface area (TPSA) is 12.9 Å². The number of benzene rings is 1. The molecular weight excluding hydrogens is 248 g/mol. The summed E-state index contributed by atoms with van der Waals surface area (Å²) in [5.41, 5.74) is 0.972. The third-order valence-corrected chi connectivity index (χ3v) is 3.76. The first-order valence-electron chi connectivity index (χ1n) is 2.95. The molecule has 0 spiro atoms. The molecule has 2 rings (SSSR count). The Kier molecular flexibility index (Phi) is 1.94. The zero-order valence-corrected chi connectivity index (χ0v) is 8.57. The Labute approximate surface area is 79.7 Å². The summed E-state index contributed by atoms with van der Waals surface area (Å²) in [7, 11) is 0. The summed E-state index contributed by atoms with van der Waals surface area (Å²) in [6, 6.07) is 3.71. The van der Waals surface area contributed by atoms with E-state index >= 15 is 0 Å². The molecule has 2 aromatic rings. The third-order valence-electron chi connectivity index (χ3n) is 1.37. The van der Waals surface area contributed by atoms with Gasteiger partial charge in [-0.15, -0.1) is 0 Å². The standard InChI is InChI=1S/C7H3Cl2NSe/c8-4-1-6-7(2-5(4)9)11-3-10-6/h1-3H. The molecule has 1 aromatic heterocycles. The van der Waals surface area contributed by atoms with Crippen molar-refractivity contribution >= 4 is 47.5 Å². The number of fused-ring (bicyclic) bond motifs is 1. The van der Waals surface area contributed by atoms with Gasteiger partial charge >= 0.3 is 79.7 Å². The van der Waals surface area contributed by atoms with Crippen molar-refractivity contribution in [3.8, 4) is 0 Å². The summed E-state index contributed by atoms with van der Waals surface area (Å²) < 4.78 is 1.21. The molecule has 4 heteroatoms. The summed E-state index contributed by atoms with van der Waals surface area (Å²) in [5, 5.41) is 3.13. The molecule has 0 bridgehead atoms. The fraction of sp³-hybridized carbons (Fsp3) is 0. The summed E-state index contributed by atoms with van der Waals surface area (Å²) in [4.78, 5) is 4.16. The second-order valence-corrected chi connectivity index (χ2v) is 4.76. The van der Waals surface area contributed by atoms with E-state index in [1.807, 2.05) is 17.2 Å². The van der Waals surface area contributed by atoms with Gasteiger partial charge in [0.05, 0.1) is 0 Å². The molecule has 1 nitrogen and oxygen atoms in total. The molecule has 56 valence electrons. The first-order valence-corrected chi connectivity index (χ1v) is 5.56. The van der Waals surface area contributed by atoms with Crippen molar-refractivity contribution in [1.29, 1.82) is 0 Å². The van der Waals surface area contributed by atoms with Crippen LogP contribution in [0.3, 0.4) is 0 Å². The van der Waals surface area contributed by atoms with Crippen molar-refractivity contribution in [2.24, 2.45) is 0 Å². The van der Waals surface area contributed by atoms with Crippen LogP contribution in [0.5, 0.6) is 0 Å². The molecule has 0 atom stereocenters. The first-order chi connectivity index (χ1) is 5.27. The number of aromatic nitrogens is 1. The van der Waals surface area contributed by atoms with Gasteiger partial charge in [-0.3, -0.25) is 0 Å². The summed E-state index contributed by atoms with van der Waals surface area (Å²) >= 11 is 12.0. The van der Waals surface area contributed by atoms with E-state index in [-0.39, 0.29) is 0 Å². The van der Waals surface area contributed by atoms with Crippen LogP contribution in [0.4, 0.5) is 0 Å². The van der Waals surface area contributed by atoms with Crippen molar-refractivity contribution in [1.82, 2.24) is 4.98 Å². The van der Waals surface area contributed by atoms with E-state index in [0.717, 1.165) is 5.52 Å². The van der Waals surface area contributed by atoms with Crippen LogP contribution >= 0.6 is 23.2 Å². The van der Waals surface area contributed by atoms with Gasteiger partial charge in [-0.05, 0) is 0 Å². The number of hydrogen-bond donors (Lipinski definition) is 0. The van der Waals surface area contributed by atoms with Crippen LogP contribution in [0, 0.1) is 0 Å². The number of hydrogen-bond acceptors (Lipinski definition) is 1. The Bertz CT molecular complexity index is 360. The Morgan fingerprint density at radius 2 is 1.91 bits per heavy atom. The van der Waals surface area contributed by atoms with E-state index in [0.29, 0.717) is 24.5 Å². The average Bonchev–Trinajstić information content (AvgIpc) is 2.36. The molecule has 0 saturated heterocycles. The molecule has 11 heavy (non-hydrogen) atoms. The van der Waals surface area contributed by atoms with Gasteiger partial charge in [-0.1, -0.05) is 0 Å². The van der Waals surface area contributed by atoms with Gasteiger partial charge in [0.1, 0.15) is 0 Å². The van der Waals surface area contributed by atoms with Gasteiger partial charge in [0.25, 0.3) is 0 Å².